The number of esters is 2. The largest absolute Gasteiger partial charge is 0.490 e. The molecular weight excluding hydrogens is 1410 g/mol. The molecule has 1 fully saturated rings. The summed E-state index contributed by atoms with van der Waals surface area (Å²) >= 11 is 5.57. The highest BCUT2D eigenvalue weighted by Crippen LogP contribution is 2.27. The summed E-state index contributed by atoms with van der Waals surface area (Å²) in [7, 11) is 0. The molecule has 1 saturated heterocycles. The van der Waals surface area contributed by atoms with Gasteiger partial charge in [-0.1, -0.05) is 124 Å². The highest BCUT2D eigenvalue weighted by Gasteiger charge is 2.48. The summed E-state index contributed by atoms with van der Waals surface area (Å²) in [6, 6.07) is -4.74. The van der Waals surface area contributed by atoms with Crippen LogP contribution in [0.1, 0.15) is 126 Å². The Morgan fingerprint density at radius 1 is 0.648 bits per heavy atom. The van der Waals surface area contributed by atoms with Crippen LogP contribution in [0.2, 0.25) is 0 Å². The Kier molecular flexibility index (Phi) is 36.5. The number of nitrogens with one attached hydrogen (secondary N) is 12. The minimum atomic E-state index is -5.78. The van der Waals surface area contributed by atoms with Crippen LogP contribution < -0.4 is 81.0 Å². The average molecular weight is 1510 g/mol. The number of aliphatic hydroxyl groups is 3. The summed E-state index contributed by atoms with van der Waals surface area (Å²) in [4.78, 5) is 191. The Morgan fingerprint density at radius 2 is 1.17 bits per heavy atom. The lowest BCUT2D eigenvalue weighted by atomic mass is 9.95. The quantitative estimate of drug-likeness (QED) is 0.0155. The van der Waals surface area contributed by atoms with Gasteiger partial charge in [0.05, 0.1) is 19.3 Å². The SMILES string of the molecule is CC[C@H](C)[C@@H]1NC(=O)[C@@H](CCCN=C(N)N)NC(=O)[C@H](CC(C)C)NC(=O)[C@H]([C@H](OC(=O)C(F)(F)F)C(C)C)NC(=O)[C@@H](NC(=O)[C@H](CC(C)C)NC(=O)[C@@H](CC(C)C)NC(=S)Nc2ccccc2)[C@@H](c2ccccc2)OC(=O)[C@H](CO)NC(=O)[C@H]([C@H](O)C(N)=O)NC(=O)CNC(=O)[C@H]([C@H](C)O)NC1=O. The summed E-state index contributed by atoms with van der Waals surface area (Å²) in [5, 5.41) is 61.7. The van der Waals surface area contributed by atoms with Crippen molar-refractivity contribution in [3.63, 3.8) is 0 Å². The van der Waals surface area contributed by atoms with Gasteiger partial charge in [0.15, 0.2) is 29.3 Å². The fourth-order valence-corrected chi connectivity index (χ4v) is 10.8. The predicted molar refractivity (Wildman–Crippen MR) is 378 cm³/mol. The molecule has 0 aliphatic carbocycles. The van der Waals surface area contributed by atoms with Gasteiger partial charge in [0.25, 0.3) is 0 Å². The standard InChI is InChI=1S/C67H101F3N16O18S/c1-12-35(10)45-59(97)84-46(36(11)88)58(96)75-29-44(89)82-47(50(90)53(71)91)60(98)80-43(30-87)63(101)103-52(37-20-15-13-16-21-37)49(85-57(95)41(27-32(4)5)78-56(94)42(28-33(6)7)81-66(105)76-38-22-17-14-18-23-38)62(100)86-48(51(34(8)9)104-64(102)67(68,69)70)61(99)79-40(26-31(2)3)55(93)77-39(54(92)83-45)24-19-25-74-65(72)73/h13-18,20-23,31-36,39-43,45-52,87-88,90H,12,19,24-30H2,1-11H3,(H2,71,91)(H,75,96)(H,77,93)(H,78,94)(H,79,99)(H,80,98)(H,82,89)(H,83,92)(H,84,97)(H,85,95)(H,86,100)(H4,72,73,74)(H2,76,81,105)/t35-,36-,39+,40-,41-,42+,43-,45-,46-,47-,48-,49-,50-,51+,52+/m0/s1. The van der Waals surface area contributed by atoms with E-state index in [1.165, 1.54) is 51.1 Å². The van der Waals surface area contributed by atoms with E-state index in [0.29, 0.717) is 5.69 Å². The molecule has 38 heteroatoms. The van der Waals surface area contributed by atoms with Gasteiger partial charge in [-0.3, -0.25) is 57.7 Å². The number of thiocarbonyl (C=S) groups is 1. The molecule has 2 aromatic carbocycles. The summed E-state index contributed by atoms with van der Waals surface area (Å²) in [6.07, 6.45) is -15.7. The zero-order chi connectivity index (χ0) is 79.3. The van der Waals surface area contributed by atoms with E-state index in [9.17, 15) is 76.4 Å². The second-order valence-corrected chi connectivity index (χ2v) is 27.3. The topological polar surface area (TPSA) is 536 Å². The molecule has 1 heterocycles. The van der Waals surface area contributed by atoms with Gasteiger partial charge in [0, 0.05) is 12.2 Å². The van der Waals surface area contributed by atoms with Gasteiger partial charge in [-0.05, 0) is 98.5 Å². The molecule has 3 rings (SSSR count). The number of carbonyl (C=O) groups is 13. The van der Waals surface area contributed by atoms with Gasteiger partial charge < -0.3 is 106 Å². The number of hydrogen-bond donors (Lipinski definition) is 18. The number of alkyl halides is 3. The van der Waals surface area contributed by atoms with Gasteiger partial charge in [-0.15, -0.1) is 0 Å². The first-order valence-corrected chi connectivity index (χ1v) is 34.5. The zero-order valence-electron chi connectivity index (χ0n) is 60.3. The summed E-state index contributed by atoms with van der Waals surface area (Å²) < 4.78 is 54.2. The molecule has 0 spiro atoms. The van der Waals surface area contributed by atoms with Crippen LogP contribution in [0.3, 0.4) is 0 Å². The van der Waals surface area contributed by atoms with Crippen LogP contribution in [0, 0.1) is 29.6 Å². The first kappa shape index (κ1) is 89.4. The lowest BCUT2D eigenvalue weighted by molar-refractivity contribution is -0.208. The highest BCUT2D eigenvalue weighted by atomic mass is 32.1. The van der Waals surface area contributed by atoms with E-state index in [1.54, 1.807) is 78.8 Å². The Morgan fingerprint density at radius 3 is 1.70 bits per heavy atom. The number of hydrogen-bond acceptors (Lipinski definition) is 20. The number of halogens is 3. The van der Waals surface area contributed by atoms with Gasteiger partial charge in [0.2, 0.25) is 65.0 Å². The molecule has 2 aromatic rings. The van der Waals surface area contributed by atoms with Crippen LogP contribution in [0.15, 0.2) is 65.7 Å². The average Bonchev–Trinajstić information content (AvgIpc) is 0.809. The summed E-state index contributed by atoms with van der Waals surface area (Å²) in [5.41, 5.74) is 16.8. The Bertz CT molecular complexity index is 3350. The van der Waals surface area contributed by atoms with Crippen molar-refractivity contribution >= 4 is 106 Å². The lowest BCUT2D eigenvalue weighted by Crippen LogP contribution is -2.64. The molecule has 0 radical (unpaired) electrons. The second kappa shape index (κ2) is 42.8. The number of anilines is 1. The van der Waals surface area contributed by atoms with Gasteiger partial charge in [0.1, 0.15) is 60.5 Å². The number of guanidine groups is 1. The van der Waals surface area contributed by atoms with Crippen LogP contribution >= 0.6 is 12.2 Å². The van der Waals surface area contributed by atoms with E-state index in [0.717, 1.165) is 6.92 Å². The number of benzene rings is 2. The molecule has 15 atom stereocenters. The molecule has 0 unspecified atom stereocenters. The Labute approximate surface area is 611 Å². The molecule has 1 aliphatic heterocycles. The third-order valence-corrected chi connectivity index (χ3v) is 16.4. The highest BCUT2D eigenvalue weighted by molar-refractivity contribution is 7.80. The molecule has 105 heavy (non-hydrogen) atoms. The van der Waals surface area contributed by atoms with E-state index < -0.39 is 205 Å². The van der Waals surface area contributed by atoms with Crippen molar-refractivity contribution in [1.29, 1.82) is 0 Å². The third kappa shape index (κ3) is 29.7. The number of nitrogens with zero attached hydrogens (tertiary/aromatic N) is 1. The smallest absolute Gasteiger partial charge is 0.453 e. The van der Waals surface area contributed by atoms with E-state index in [2.05, 4.69) is 58.2 Å². The number of cyclic esters (lactones) is 1. The number of carbonyl (C=O) groups excluding carboxylic acids is 13. The minimum absolute atomic E-state index is 0.00791. The first-order valence-electron chi connectivity index (χ1n) is 34.1. The number of aliphatic hydroxyl groups excluding tert-OH is 3. The number of aliphatic imine (C=N–C) groups is 1. The maximum Gasteiger partial charge on any atom is 0.490 e. The second-order valence-electron chi connectivity index (χ2n) is 26.8. The van der Waals surface area contributed by atoms with Crippen molar-refractivity contribution < 1.29 is 100 Å². The zero-order valence-corrected chi connectivity index (χ0v) is 61.1. The molecule has 0 aromatic heterocycles. The molecule has 11 amide bonds. The number of ether oxygens (including phenoxy) is 2. The van der Waals surface area contributed by atoms with Crippen molar-refractivity contribution in [2.24, 2.45) is 51.8 Å². The van der Waals surface area contributed by atoms with Crippen LogP contribution in [-0.2, 0) is 71.8 Å². The van der Waals surface area contributed by atoms with Gasteiger partial charge in [-0.25, -0.2) is 9.59 Å². The van der Waals surface area contributed by atoms with Crippen molar-refractivity contribution in [2.75, 3.05) is 25.0 Å². The van der Waals surface area contributed by atoms with E-state index in [4.69, 9.17) is 38.9 Å². The Balaban J connectivity index is 2.55. The minimum Gasteiger partial charge on any atom is -0.453 e. The third-order valence-electron chi connectivity index (χ3n) is 16.2. The maximum atomic E-state index is 15.8. The van der Waals surface area contributed by atoms with Crippen molar-refractivity contribution in [3.05, 3.63) is 66.2 Å². The summed E-state index contributed by atoms with van der Waals surface area (Å²) in [5.74, 6) is -23.1. The first-order chi connectivity index (χ1) is 49.1. The molecule has 1 aliphatic rings. The molecule has 34 nitrogen and oxygen atoms in total. The van der Waals surface area contributed by atoms with Crippen LogP contribution in [0.4, 0.5) is 18.9 Å². The van der Waals surface area contributed by atoms with E-state index in [1.807, 2.05) is 10.6 Å². The van der Waals surface area contributed by atoms with Crippen molar-refractivity contribution in [3.8, 4) is 0 Å². The number of nitrogens with two attached hydrogens (primary N) is 3. The molecule has 0 saturated carbocycles. The molecular formula is C67H101F3N16O18S. The molecule has 0 bridgehead atoms. The number of amides is 11. The number of rotatable bonds is 26. The monoisotopic (exact) mass is 1510 g/mol. The van der Waals surface area contributed by atoms with Crippen LogP contribution in [0.5, 0.6) is 0 Å². The Hall–Kier alpha value is -9.82. The normalized spacial score (nSPS) is 22.8. The van der Waals surface area contributed by atoms with Crippen LogP contribution in [-0.4, -0.2) is 208 Å². The van der Waals surface area contributed by atoms with Crippen molar-refractivity contribution in [1.82, 2.24) is 58.5 Å². The molecule has 584 valence electrons. The maximum absolute atomic E-state index is 15.8. The number of para-hydroxylation sites is 1. The van der Waals surface area contributed by atoms with Crippen LogP contribution in [0.25, 0.3) is 0 Å². The van der Waals surface area contributed by atoms with Crippen molar-refractivity contribution in [2.45, 2.75) is 206 Å². The van der Waals surface area contributed by atoms with Gasteiger partial charge >= 0.3 is 18.1 Å². The predicted octanol–water partition coefficient (Wildman–Crippen LogP) is -2.29. The van der Waals surface area contributed by atoms with E-state index >= 15 is 14.4 Å². The fraction of sp³-hybridized carbons (Fsp3) is 0.597. The van der Waals surface area contributed by atoms with E-state index in [-0.39, 0.29) is 67.6 Å². The number of primary amides is 1. The fourth-order valence-electron chi connectivity index (χ4n) is 10.6. The molecule has 21 N–H and O–H groups in total. The summed E-state index contributed by atoms with van der Waals surface area (Å²) in [6.45, 7) is 13.8. The lowest BCUT2D eigenvalue weighted by Gasteiger charge is -2.35. The van der Waals surface area contributed by atoms with Gasteiger partial charge in [-0.2, -0.15) is 13.2 Å².